The quantitative estimate of drug-likeness (QED) is 0.486. The highest BCUT2D eigenvalue weighted by Gasteiger charge is 1.98. The molecule has 0 bridgehead atoms. The summed E-state index contributed by atoms with van der Waals surface area (Å²) in [5.74, 6) is 2.44. The third-order valence-corrected chi connectivity index (χ3v) is 3.00. The van der Waals surface area contributed by atoms with E-state index in [1.165, 1.54) is 42.4 Å². The van der Waals surface area contributed by atoms with E-state index in [0.717, 1.165) is 12.8 Å². The lowest BCUT2D eigenvalue weighted by atomic mass is 10.00. The zero-order chi connectivity index (χ0) is 11.8. The maximum Gasteiger partial charge on any atom is 0.00989 e. The first kappa shape index (κ1) is 12.8. The summed E-state index contributed by atoms with van der Waals surface area (Å²) in [5.41, 5.74) is 4.26. The summed E-state index contributed by atoms with van der Waals surface area (Å²) in [6, 6.07) is 6.72. The summed E-state index contributed by atoms with van der Waals surface area (Å²) in [6.45, 7) is 4.34. The molecule has 1 rings (SSSR count). The van der Waals surface area contributed by atoms with Gasteiger partial charge in [0.1, 0.15) is 0 Å². The van der Waals surface area contributed by atoms with Gasteiger partial charge in [-0.25, -0.2) is 0 Å². The van der Waals surface area contributed by atoms with Crippen LogP contribution in [0.25, 0.3) is 0 Å². The van der Waals surface area contributed by atoms with Crippen molar-refractivity contribution in [2.45, 2.75) is 52.4 Å². The van der Waals surface area contributed by atoms with Crippen LogP contribution in [0, 0.1) is 26.2 Å². The summed E-state index contributed by atoms with van der Waals surface area (Å²) in [6.07, 6.45) is 13.7. The second-order valence-corrected chi connectivity index (χ2v) is 4.52. The molecule has 1 aromatic rings. The molecule has 0 aliphatic rings. The molecule has 0 saturated carbocycles. The minimum absolute atomic E-state index is 0.823. The molecular formula is C16H21. The van der Waals surface area contributed by atoms with Gasteiger partial charge in [0.2, 0.25) is 0 Å². The molecule has 0 amide bonds. The third kappa shape index (κ3) is 4.53. The van der Waals surface area contributed by atoms with E-state index in [1.54, 1.807) is 0 Å². The average Bonchev–Trinajstić information content (AvgIpc) is 2.26. The van der Waals surface area contributed by atoms with Crippen LogP contribution in [0.1, 0.15) is 48.8 Å². The standard InChI is InChI=1S/C16H21/c1-4-5-6-7-8-9-10-16-12-11-14(2)13-15(16)3/h11-13H,5-10H2,2-3H3. The number of hydrogen-bond acceptors (Lipinski definition) is 0. The number of benzene rings is 1. The molecule has 0 fully saturated rings. The Morgan fingerprint density at radius 2 is 1.81 bits per heavy atom. The number of unbranched alkanes of at least 4 members (excludes halogenated alkanes) is 4. The fraction of sp³-hybridized carbons (Fsp3) is 0.500. The zero-order valence-electron chi connectivity index (χ0n) is 10.5. The second-order valence-electron chi connectivity index (χ2n) is 4.52. The van der Waals surface area contributed by atoms with E-state index >= 15 is 0 Å². The molecule has 1 aromatic carbocycles. The van der Waals surface area contributed by atoms with Gasteiger partial charge in [-0.05, 0) is 50.7 Å². The topological polar surface area (TPSA) is 0 Å². The Morgan fingerprint density at radius 1 is 1.06 bits per heavy atom. The monoisotopic (exact) mass is 213 g/mol. The van der Waals surface area contributed by atoms with Crippen LogP contribution in [0.5, 0.6) is 0 Å². The van der Waals surface area contributed by atoms with Gasteiger partial charge >= 0.3 is 0 Å². The molecule has 0 spiro atoms. The van der Waals surface area contributed by atoms with Crippen LogP contribution in [0.3, 0.4) is 0 Å². The van der Waals surface area contributed by atoms with Gasteiger partial charge < -0.3 is 0 Å². The summed E-state index contributed by atoms with van der Waals surface area (Å²) >= 11 is 0. The van der Waals surface area contributed by atoms with Gasteiger partial charge in [0.15, 0.2) is 0 Å². The molecule has 0 atom stereocenters. The third-order valence-electron chi connectivity index (χ3n) is 3.00. The summed E-state index contributed by atoms with van der Waals surface area (Å²) in [7, 11) is 0. The SMILES string of the molecule is [C]#CCCCCCCc1ccc(C)cc1C. The Morgan fingerprint density at radius 3 is 2.50 bits per heavy atom. The highest BCUT2D eigenvalue weighted by Crippen LogP contribution is 2.14. The van der Waals surface area contributed by atoms with Gasteiger partial charge in [-0.15, -0.1) is 0 Å². The molecule has 85 valence electrons. The molecule has 1 radical (unpaired) electrons. The number of hydrogen-bond donors (Lipinski definition) is 0. The van der Waals surface area contributed by atoms with E-state index in [2.05, 4.69) is 38.0 Å². The van der Waals surface area contributed by atoms with Gasteiger partial charge in [-0.3, -0.25) is 0 Å². The van der Waals surface area contributed by atoms with E-state index in [-0.39, 0.29) is 0 Å². The van der Waals surface area contributed by atoms with Gasteiger partial charge in [0.25, 0.3) is 0 Å². The lowest BCUT2D eigenvalue weighted by Crippen LogP contribution is -1.91. The molecule has 16 heavy (non-hydrogen) atoms. The van der Waals surface area contributed by atoms with Gasteiger partial charge in [0.05, 0.1) is 0 Å². The van der Waals surface area contributed by atoms with Crippen LogP contribution in [-0.2, 0) is 6.42 Å². The normalized spacial score (nSPS) is 10.1. The molecule has 0 aliphatic carbocycles. The predicted octanol–water partition coefficient (Wildman–Crippen LogP) is 4.39. The van der Waals surface area contributed by atoms with Gasteiger partial charge in [0, 0.05) is 6.42 Å². The summed E-state index contributed by atoms with van der Waals surface area (Å²) in [4.78, 5) is 0. The maximum atomic E-state index is 6.82. The van der Waals surface area contributed by atoms with Gasteiger partial charge in [-0.2, -0.15) is 0 Å². The Labute approximate surface area is 100 Å². The van der Waals surface area contributed by atoms with Crippen molar-refractivity contribution in [1.29, 1.82) is 0 Å². The van der Waals surface area contributed by atoms with E-state index in [4.69, 9.17) is 6.42 Å². The molecule has 0 aliphatic heterocycles. The first-order valence-corrected chi connectivity index (χ1v) is 6.20. The van der Waals surface area contributed by atoms with Crippen LogP contribution >= 0.6 is 0 Å². The summed E-state index contributed by atoms with van der Waals surface area (Å²) < 4.78 is 0. The van der Waals surface area contributed by atoms with Crippen LogP contribution in [0.4, 0.5) is 0 Å². The maximum absolute atomic E-state index is 6.82. The molecule has 0 aromatic heterocycles. The molecule has 0 heterocycles. The first-order valence-electron chi connectivity index (χ1n) is 6.20. The summed E-state index contributed by atoms with van der Waals surface area (Å²) in [5, 5.41) is 0. The molecule has 0 nitrogen and oxygen atoms in total. The predicted molar refractivity (Wildman–Crippen MR) is 69.8 cm³/mol. The lowest BCUT2D eigenvalue weighted by Gasteiger charge is -2.06. The number of aryl methyl sites for hydroxylation is 3. The second kappa shape index (κ2) is 7.12. The molecule has 0 unspecified atom stereocenters. The van der Waals surface area contributed by atoms with E-state index in [0.29, 0.717) is 0 Å². The van der Waals surface area contributed by atoms with Crippen LogP contribution in [-0.4, -0.2) is 0 Å². The van der Waals surface area contributed by atoms with Crippen molar-refractivity contribution in [3.63, 3.8) is 0 Å². The highest BCUT2D eigenvalue weighted by molar-refractivity contribution is 5.30. The average molecular weight is 213 g/mol. The van der Waals surface area contributed by atoms with Crippen LogP contribution in [0.15, 0.2) is 18.2 Å². The smallest absolute Gasteiger partial charge is 0.00989 e. The van der Waals surface area contributed by atoms with Crippen molar-refractivity contribution >= 4 is 0 Å². The van der Waals surface area contributed by atoms with E-state index in [9.17, 15) is 0 Å². The lowest BCUT2D eigenvalue weighted by molar-refractivity contribution is 0.649. The Kier molecular flexibility index (Phi) is 5.72. The largest absolute Gasteiger partial charge is 0.0891 e. The minimum Gasteiger partial charge on any atom is -0.0891 e. The van der Waals surface area contributed by atoms with E-state index in [1.807, 2.05) is 0 Å². The van der Waals surface area contributed by atoms with Crippen molar-refractivity contribution in [2.75, 3.05) is 0 Å². The van der Waals surface area contributed by atoms with Crippen molar-refractivity contribution in [3.05, 3.63) is 41.3 Å². The molecule has 0 heteroatoms. The van der Waals surface area contributed by atoms with Crippen LogP contribution in [0.2, 0.25) is 0 Å². The highest BCUT2D eigenvalue weighted by atomic mass is 14.0. The molecule has 0 saturated heterocycles. The number of rotatable bonds is 6. The van der Waals surface area contributed by atoms with Crippen molar-refractivity contribution in [1.82, 2.24) is 0 Å². The Hall–Kier alpha value is -1.22. The van der Waals surface area contributed by atoms with Crippen molar-refractivity contribution in [2.24, 2.45) is 0 Å². The fourth-order valence-electron chi connectivity index (χ4n) is 2.01. The Balaban J connectivity index is 2.25. The fourth-order valence-corrected chi connectivity index (χ4v) is 2.01. The van der Waals surface area contributed by atoms with Crippen LogP contribution < -0.4 is 0 Å². The van der Waals surface area contributed by atoms with Crippen molar-refractivity contribution < 1.29 is 0 Å². The Bertz CT molecular complexity index is 355. The van der Waals surface area contributed by atoms with Gasteiger partial charge in [-0.1, -0.05) is 42.5 Å². The molecular weight excluding hydrogens is 192 g/mol. The van der Waals surface area contributed by atoms with Crippen molar-refractivity contribution in [3.8, 4) is 5.92 Å². The van der Waals surface area contributed by atoms with E-state index < -0.39 is 0 Å². The zero-order valence-corrected chi connectivity index (χ0v) is 10.5. The first-order chi connectivity index (χ1) is 7.74. The molecule has 0 N–H and O–H groups in total. The minimum atomic E-state index is 0.823.